The predicted octanol–water partition coefficient (Wildman–Crippen LogP) is -0.0209. The molecule has 112 valence electrons. The molecular formula is C13H14N2O5S. The Bertz CT molecular complexity index is 616. The van der Waals surface area contributed by atoms with Crippen molar-refractivity contribution in [3.05, 3.63) is 22.4 Å². The van der Waals surface area contributed by atoms with E-state index in [4.69, 9.17) is 10.8 Å². The molecule has 0 aliphatic heterocycles. The lowest BCUT2D eigenvalue weighted by Crippen LogP contribution is -2.52. The van der Waals surface area contributed by atoms with Crippen LogP contribution in [0.1, 0.15) is 16.8 Å². The molecule has 2 saturated carbocycles. The average Bonchev–Trinajstić information content (AvgIpc) is 2.78. The third-order valence-corrected chi connectivity index (χ3v) is 5.16. The van der Waals surface area contributed by atoms with Crippen molar-refractivity contribution in [2.75, 3.05) is 0 Å². The first-order valence-corrected chi connectivity index (χ1v) is 7.38. The lowest BCUT2D eigenvalue weighted by atomic mass is 9.90. The maximum atomic E-state index is 12.0. The number of amides is 1. The van der Waals surface area contributed by atoms with Gasteiger partial charge in [-0.3, -0.25) is 14.4 Å². The number of carbonyl (C=O) groups excluding carboxylic acids is 1. The van der Waals surface area contributed by atoms with E-state index in [1.807, 2.05) is 0 Å². The Morgan fingerprint density at radius 3 is 2.62 bits per heavy atom. The van der Waals surface area contributed by atoms with Crippen molar-refractivity contribution in [2.24, 2.45) is 23.5 Å². The standard InChI is InChI=1S/C13H14N2O5S/c14-13(12(19)20)3-6(7-8(9(7)13)11(17)18)15-10(16)5-1-2-21-4-5/h1-2,4,6-9H,3,14H2,(H,15,16)(H,17,18)(H,19,20)/t6-,7-,8-,9-,13-/m0/s1. The molecule has 3 rings (SSSR count). The molecule has 5 N–H and O–H groups in total. The van der Waals surface area contributed by atoms with E-state index in [2.05, 4.69) is 5.32 Å². The van der Waals surface area contributed by atoms with Crippen molar-refractivity contribution in [1.82, 2.24) is 5.32 Å². The summed E-state index contributed by atoms with van der Waals surface area (Å²) in [6, 6.07) is 1.13. The van der Waals surface area contributed by atoms with Crippen LogP contribution < -0.4 is 11.1 Å². The fourth-order valence-electron chi connectivity index (χ4n) is 3.48. The number of aliphatic carboxylic acids is 2. The van der Waals surface area contributed by atoms with Crippen molar-refractivity contribution >= 4 is 29.2 Å². The molecule has 0 spiro atoms. The van der Waals surface area contributed by atoms with Crippen LogP contribution in [-0.4, -0.2) is 39.6 Å². The van der Waals surface area contributed by atoms with Crippen LogP contribution in [0.4, 0.5) is 0 Å². The van der Waals surface area contributed by atoms with Gasteiger partial charge in [0.2, 0.25) is 0 Å². The van der Waals surface area contributed by atoms with Crippen molar-refractivity contribution in [3.8, 4) is 0 Å². The topological polar surface area (TPSA) is 130 Å². The number of nitrogens with one attached hydrogen (secondary N) is 1. The zero-order valence-corrected chi connectivity index (χ0v) is 11.7. The first-order chi connectivity index (χ1) is 9.86. The van der Waals surface area contributed by atoms with E-state index in [1.54, 1.807) is 16.8 Å². The fourth-order valence-corrected chi connectivity index (χ4v) is 4.11. The molecule has 1 aromatic rings. The third kappa shape index (κ3) is 2.02. The highest BCUT2D eigenvalue weighted by Crippen LogP contribution is 2.61. The first-order valence-electron chi connectivity index (χ1n) is 6.44. The van der Waals surface area contributed by atoms with Gasteiger partial charge in [-0.15, -0.1) is 0 Å². The highest BCUT2D eigenvalue weighted by atomic mass is 32.1. The molecule has 0 bridgehead atoms. The Morgan fingerprint density at radius 1 is 1.38 bits per heavy atom. The van der Waals surface area contributed by atoms with Crippen LogP contribution >= 0.6 is 11.3 Å². The molecule has 0 radical (unpaired) electrons. The van der Waals surface area contributed by atoms with Crippen LogP contribution in [0.15, 0.2) is 16.8 Å². The van der Waals surface area contributed by atoms with Crippen molar-refractivity contribution < 1.29 is 24.6 Å². The smallest absolute Gasteiger partial charge is 0.324 e. The van der Waals surface area contributed by atoms with E-state index in [0.717, 1.165) is 0 Å². The maximum absolute atomic E-state index is 12.0. The molecule has 21 heavy (non-hydrogen) atoms. The molecule has 0 unspecified atom stereocenters. The van der Waals surface area contributed by atoms with Crippen molar-refractivity contribution in [3.63, 3.8) is 0 Å². The number of carbonyl (C=O) groups is 3. The SMILES string of the molecule is N[C@@]1(C(=O)O)C[C@H](NC(=O)c2ccsc2)[C@H]2[C@H](C(=O)O)[C@H]21. The fraction of sp³-hybridized carbons (Fsp3) is 0.462. The highest BCUT2D eigenvalue weighted by Gasteiger charge is 2.74. The molecule has 2 aliphatic rings. The van der Waals surface area contributed by atoms with Crippen molar-refractivity contribution in [2.45, 2.75) is 18.0 Å². The summed E-state index contributed by atoms with van der Waals surface area (Å²) in [4.78, 5) is 34.6. The van der Waals surface area contributed by atoms with Gasteiger partial charge in [0.1, 0.15) is 5.54 Å². The first kappa shape index (κ1) is 14.0. The Hall–Kier alpha value is -1.93. The zero-order valence-electron chi connectivity index (χ0n) is 10.9. The number of hydrogen-bond donors (Lipinski definition) is 4. The second kappa shape index (κ2) is 4.54. The number of carboxylic acids is 2. The molecule has 0 aromatic carbocycles. The monoisotopic (exact) mass is 310 g/mol. The summed E-state index contributed by atoms with van der Waals surface area (Å²) in [5.74, 6) is -4.44. The Kier molecular flexibility index (Phi) is 3.03. The Balaban J connectivity index is 1.80. The second-order valence-corrected chi connectivity index (χ2v) is 6.39. The number of fused-ring (bicyclic) bond motifs is 1. The van der Waals surface area contributed by atoms with Crippen LogP contribution in [0.5, 0.6) is 0 Å². The normalized spacial score (nSPS) is 36.8. The summed E-state index contributed by atoms with van der Waals surface area (Å²) < 4.78 is 0. The largest absolute Gasteiger partial charge is 0.481 e. The molecule has 5 atom stereocenters. The molecule has 1 amide bonds. The quantitative estimate of drug-likeness (QED) is 0.618. The minimum atomic E-state index is -1.58. The van der Waals surface area contributed by atoms with Gasteiger partial charge in [0.05, 0.1) is 5.92 Å². The summed E-state index contributed by atoms with van der Waals surface area (Å²) >= 11 is 1.37. The van der Waals surface area contributed by atoms with Gasteiger partial charge in [-0.2, -0.15) is 11.3 Å². The number of nitrogens with two attached hydrogens (primary N) is 1. The minimum Gasteiger partial charge on any atom is -0.481 e. The van der Waals surface area contributed by atoms with Gasteiger partial charge in [-0.1, -0.05) is 0 Å². The summed E-state index contributed by atoms with van der Waals surface area (Å²) in [5, 5.41) is 24.6. The number of thiophene rings is 1. The Labute approximate surface area is 123 Å². The molecule has 7 nitrogen and oxygen atoms in total. The molecular weight excluding hydrogens is 296 g/mol. The predicted molar refractivity (Wildman–Crippen MR) is 72.9 cm³/mol. The molecule has 1 heterocycles. The van der Waals surface area contributed by atoms with Gasteiger partial charge >= 0.3 is 11.9 Å². The summed E-state index contributed by atoms with van der Waals surface area (Å²) in [6.07, 6.45) is 0.0529. The van der Waals surface area contributed by atoms with Gasteiger partial charge < -0.3 is 21.3 Å². The minimum absolute atomic E-state index is 0.0529. The van der Waals surface area contributed by atoms with E-state index >= 15 is 0 Å². The maximum Gasteiger partial charge on any atom is 0.324 e. The van der Waals surface area contributed by atoms with Gasteiger partial charge in [-0.25, -0.2) is 0 Å². The van der Waals surface area contributed by atoms with Crippen molar-refractivity contribution in [1.29, 1.82) is 0 Å². The molecule has 8 heteroatoms. The Morgan fingerprint density at radius 2 is 2.10 bits per heavy atom. The van der Waals surface area contributed by atoms with E-state index in [-0.39, 0.29) is 12.3 Å². The molecule has 0 saturated heterocycles. The van der Waals surface area contributed by atoms with Crippen LogP contribution in [0.2, 0.25) is 0 Å². The molecule has 2 fully saturated rings. The van der Waals surface area contributed by atoms with Crippen LogP contribution in [0, 0.1) is 17.8 Å². The van der Waals surface area contributed by atoms with Crippen LogP contribution in [-0.2, 0) is 9.59 Å². The highest BCUT2D eigenvalue weighted by molar-refractivity contribution is 7.08. The van der Waals surface area contributed by atoms with Gasteiger partial charge in [0.15, 0.2) is 0 Å². The van der Waals surface area contributed by atoms with E-state index in [1.165, 1.54) is 11.3 Å². The molecule has 2 aliphatic carbocycles. The van der Waals surface area contributed by atoms with Gasteiger partial charge in [-0.05, 0) is 23.8 Å². The molecule has 1 aromatic heterocycles. The van der Waals surface area contributed by atoms with E-state index < -0.39 is 41.3 Å². The zero-order chi connectivity index (χ0) is 15.4. The second-order valence-electron chi connectivity index (χ2n) is 5.61. The van der Waals surface area contributed by atoms with E-state index in [9.17, 15) is 19.5 Å². The summed E-state index contributed by atoms with van der Waals surface area (Å²) in [5.41, 5.74) is 4.79. The van der Waals surface area contributed by atoms with E-state index in [0.29, 0.717) is 5.56 Å². The van der Waals surface area contributed by atoms with Gasteiger partial charge in [0.25, 0.3) is 5.91 Å². The van der Waals surface area contributed by atoms with Crippen LogP contribution in [0.25, 0.3) is 0 Å². The summed E-state index contributed by atoms with van der Waals surface area (Å²) in [6.45, 7) is 0. The summed E-state index contributed by atoms with van der Waals surface area (Å²) in [7, 11) is 0. The number of rotatable bonds is 4. The number of hydrogen-bond acceptors (Lipinski definition) is 5. The lowest BCUT2D eigenvalue weighted by molar-refractivity contribution is -0.145. The van der Waals surface area contributed by atoms with Gasteiger partial charge in [0, 0.05) is 22.9 Å². The lowest BCUT2D eigenvalue weighted by Gasteiger charge is -2.24. The number of carboxylic acid groups (broad SMARTS) is 2. The average molecular weight is 310 g/mol. The third-order valence-electron chi connectivity index (χ3n) is 4.48. The van der Waals surface area contributed by atoms with Crippen LogP contribution in [0.3, 0.4) is 0 Å².